The zero-order valence-corrected chi connectivity index (χ0v) is 31.9. The van der Waals surface area contributed by atoms with Gasteiger partial charge in [0.15, 0.2) is 0 Å². The maximum Gasteiger partial charge on any atom is 0.137 e. The molecule has 0 saturated heterocycles. The molecule has 58 heavy (non-hydrogen) atoms. The van der Waals surface area contributed by atoms with Gasteiger partial charge in [0.2, 0.25) is 0 Å². The van der Waals surface area contributed by atoms with Gasteiger partial charge in [-0.1, -0.05) is 121 Å². The fourth-order valence-electron chi connectivity index (χ4n) is 8.50. The van der Waals surface area contributed by atoms with Crippen LogP contribution in [0, 0.1) is 0 Å². The first-order valence-electron chi connectivity index (χ1n) is 19.4. The molecule has 9 aromatic carbocycles. The highest BCUT2D eigenvalue weighted by Crippen LogP contribution is 2.43. The molecular weight excluding hydrogens is 729 g/mol. The Morgan fingerprint density at radius 3 is 1.88 bits per heavy atom. The van der Waals surface area contributed by atoms with Crippen LogP contribution in [0.25, 0.3) is 97.7 Å². The van der Waals surface area contributed by atoms with Gasteiger partial charge in [0, 0.05) is 50.2 Å². The van der Waals surface area contributed by atoms with Crippen LogP contribution in [0.1, 0.15) is 0 Å². The van der Waals surface area contributed by atoms with Gasteiger partial charge in [-0.25, -0.2) is 4.98 Å². The van der Waals surface area contributed by atoms with Gasteiger partial charge in [-0.05, 0) is 99.8 Å². The van der Waals surface area contributed by atoms with Crippen molar-refractivity contribution < 1.29 is 8.83 Å². The average Bonchev–Trinajstić information content (AvgIpc) is 4.00. The monoisotopic (exact) mass is 760 g/mol. The third-order valence-electron chi connectivity index (χ3n) is 11.3. The molecule has 0 N–H and O–H groups in total. The van der Waals surface area contributed by atoms with Crippen LogP contribution in [0.3, 0.4) is 0 Å². The van der Waals surface area contributed by atoms with Gasteiger partial charge < -0.3 is 13.7 Å². The fraction of sp³-hybridized carbons (Fsp3) is 0. The van der Waals surface area contributed by atoms with Crippen molar-refractivity contribution in [1.29, 1.82) is 0 Å². The van der Waals surface area contributed by atoms with Crippen molar-refractivity contribution >= 4 is 93.3 Å². The van der Waals surface area contributed by atoms with E-state index in [0.29, 0.717) is 0 Å². The van der Waals surface area contributed by atoms with Crippen LogP contribution in [0.2, 0.25) is 0 Å². The number of aromatic nitrogens is 1. The lowest BCUT2D eigenvalue weighted by Gasteiger charge is -2.26. The number of benzene rings is 9. The third-order valence-corrected chi connectivity index (χ3v) is 12.5. The van der Waals surface area contributed by atoms with E-state index >= 15 is 0 Å². The Labute approximate surface area is 337 Å². The highest BCUT2D eigenvalue weighted by atomic mass is 32.1. The van der Waals surface area contributed by atoms with E-state index in [1.165, 1.54) is 21.9 Å². The molecule has 0 aliphatic carbocycles. The summed E-state index contributed by atoms with van der Waals surface area (Å²) in [4.78, 5) is 7.31. The van der Waals surface area contributed by atoms with Gasteiger partial charge in [-0.3, -0.25) is 0 Å². The smallest absolute Gasteiger partial charge is 0.137 e. The number of fused-ring (bicyclic) bond motifs is 9. The zero-order chi connectivity index (χ0) is 38.2. The summed E-state index contributed by atoms with van der Waals surface area (Å²) >= 11 is 1.72. The van der Waals surface area contributed by atoms with Crippen LogP contribution in [-0.2, 0) is 0 Å². The second-order valence-corrected chi connectivity index (χ2v) is 15.7. The van der Waals surface area contributed by atoms with Crippen molar-refractivity contribution in [1.82, 2.24) is 4.98 Å². The van der Waals surface area contributed by atoms with E-state index in [9.17, 15) is 0 Å². The molecule has 0 aliphatic heterocycles. The summed E-state index contributed by atoms with van der Waals surface area (Å²) in [7, 11) is 0. The summed E-state index contributed by atoms with van der Waals surface area (Å²) in [6.07, 6.45) is 0. The van der Waals surface area contributed by atoms with E-state index < -0.39 is 0 Å². The van der Waals surface area contributed by atoms with Crippen molar-refractivity contribution in [2.24, 2.45) is 0 Å². The molecule has 3 heterocycles. The second kappa shape index (κ2) is 13.1. The Hall–Kier alpha value is -7.47. The highest BCUT2D eigenvalue weighted by Gasteiger charge is 2.18. The largest absolute Gasteiger partial charge is 0.456 e. The number of furan rings is 2. The second-order valence-electron chi connectivity index (χ2n) is 14.7. The standard InChI is InChI=1S/C53H32N2O2S/c1-2-10-36(11-3-1)53-54-46-28-30-49-51(52(46)58-53)45-31-37(21-29-48(45)56-49)33-17-22-38(23-18-33)55(40-26-27-44-43-14-6-7-16-47(43)57-50(44)32-40)39-24-19-35(20-25-39)42-15-8-12-34-9-4-5-13-41(34)42/h1-32H. The Kier molecular flexibility index (Phi) is 7.37. The van der Waals surface area contributed by atoms with E-state index in [4.69, 9.17) is 13.8 Å². The molecule has 12 aromatic rings. The van der Waals surface area contributed by atoms with Gasteiger partial charge in [-0.2, -0.15) is 0 Å². The summed E-state index contributed by atoms with van der Waals surface area (Å²) in [5, 5.41) is 7.93. The topological polar surface area (TPSA) is 42.4 Å². The summed E-state index contributed by atoms with van der Waals surface area (Å²) in [5.41, 5.74) is 13.4. The van der Waals surface area contributed by atoms with Crippen LogP contribution < -0.4 is 4.90 Å². The normalized spacial score (nSPS) is 11.8. The lowest BCUT2D eigenvalue weighted by atomic mass is 9.98. The zero-order valence-electron chi connectivity index (χ0n) is 31.1. The molecule has 12 rings (SSSR count). The number of nitrogens with zero attached hydrogens (tertiary/aromatic N) is 2. The molecule has 0 unspecified atom stereocenters. The summed E-state index contributed by atoms with van der Waals surface area (Å²) in [6, 6.07) is 68.6. The fourth-order valence-corrected chi connectivity index (χ4v) is 9.62. The van der Waals surface area contributed by atoms with Gasteiger partial charge in [-0.15, -0.1) is 11.3 Å². The Balaban J connectivity index is 0.952. The lowest BCUT2D eigenvalue weighted by Crippen LogP contribution is -2.09. The molecule has 0 atom stereocenters. The quantitative estimate of drug-likeness (QED) is 0.169. The minimum atomic E-state index is 0.860. The molecule has 0 saturated carbocycles. The molecule has 4 nitrogen and oxygen atoms in total. The molecule has 0 spiro atoms. The first-order valence-corrected chi connectivity index (χ1v) is 20.2. The molecule has 0 bridgehead atoms. The summed E-state index contributed by atoms with van der Waals surface area (Å²) < 4.78 is 13.9. The van der Waals surface area contributed by atoms with E-state index in [0.717, 1.165) is 92.9 Å². The van der Waals surface area contributed by atoms with Gasteiger partial charge in [0.05, 0.1) is 10.2 Å². The van der Waals surface area contributed by atoms with Gasteiger partial charge in [0.1, 0.15) is 27.3 Å². The molecule has 5 heteroatoms. The summed E-state index contributed by atoms with van der Waals surface area (Å²) in [5.74, 6) is 0. The Morgan fingerprint density at radius 2 is 1.03 bits per heavy atom. The molecule has 0 amide bonds. The van der Waals surface area contributed by atoms with Crippen LogP contribution >= 0.6 is 11.3 Å². The van der Waals surface area contributed by atoms with Gasteiger partial charge >= 0.3 is 0 Å². The predicted octanol–water partition coefficient (Wildman–Crippen LogP) is 15.7. The first kappa shape index (κ1) is 32.7. The number of hydrogen-bond donors (Lipinski definition) is 0. The van der Waals surface area contributed by atoms with E-state index in [2.05, 4.69) is 175 Å². The van der Waals surface area contributed by atoms with Crippen LogP contribution in [-0.4, -0.2) is 4.98 Å². The Morgan fingerprint density at radius 1 is 0.397 bits per heavy atom. The van der Waals surface area contributed by atoms with Crippen molar-refractivity contribution in [3.63, 3.8) is 0 Å². The van der Waals surface area contributed by atoms with Crippen LogP contribution in [0.15, 0.2) is 203 Å². The minimum absolute atomic E-state index is 0.860. The molecule has 3 aromatic heterocycles. The van der Waals surface area contributed by atoms with Crippen molar-refractivity contribution in [3.8, 4) is 32.8 Å². The number of hydrogen-bond acceptors (Lipinski definition) is 5. The maximum atomic E-state index is 6.39. The SMILES string of the molecule is c1ccc(-c2nc3ccc4oc5ccc(-c6ccc(N(c7ccc(-c8cccc9ccccc89)cc7)c7ccc8c(c7)oc7ccccc78)cc6)cc5c4c3s2)cc1. The van der Waals surface area contributed by atoms with E-state index in [1.807, 2.05) is 24.3 Å². The predicted molar refractivity (Wildman–Crippen MR) is 243 cm³/mol. The van der Waals surface area contributed by atoms with Crippen molar-refractivity contribution in [2.75, 3.05) is 4.90 Å². The molecular formula is C53H32N2O2S. The molecule has 272 valence electrons. The van der Waals surface area contributed by atoms with Crippen molar-refractivity contribution in [2.45, 2.75) is 0 Å². The number of anilines is 3. The number of rotatable bonds is 6. The molecule has 0 radical (unpaired) electrons. The third kappa shape index (κ3) is 5.32. The number of thiazole rings is 1. The van der Waals surface area contributed by atoms with Crippen LogP contribution in [0.4, 0.5) is 17.1 Å². The Bertz CT molecular complexity index is 3500. The minimum Gasteiger partial charge on any atom is -0.456 e. The summed E-state index contributed by atoms with van der Waals surface area (Å²) in [6.45, 7) is 0. The lowest BCUT2D eigenvalue weighted by molar-refractivity contribution is 0.668. The molecule has 0 fully saturated rings. The average molecular weight is 761 g/mol. The first-order chi connectivity index (χ1) is 28.7. The van der Waals surface area contributed by atoms with E-state index in [1.54, 1.807) is 11.3 Å². The van der Waals surface area contributed by atoms with Crippen LogP contribution in [0.5, 0.6) is 0 Å². The van der Waals surface area contributed by atoms with Gasteiger partial charge in [0.25, 0.3) is 0 Å². The van der Waals surface area contributed by atoms with E-state index in [-0.39, 0.29) is 0 Å². The molecule has 0 aliphatic rings. The number of para-hydroxylation sites is 1. The van der Waals surface area contributed by atoms with Crippen molar-refractivity contribution in [3.05, 3.63) is 194 Å². The highest BCUT2D eigenvalue weighted by molar-refractivity contribution is 7.22. The maximum absolute atomic E-state index is 6.39.